The second kappa shape index (κ2) is 10.00. The van der Waals surface area contributed by atoms with Crippen LogP contribution in [-0.2, 0) is 28.0 Å². The van der Waals surface area contributed by atoms with Crippen molar-refractivity contribution in [1.29, 1.82) is 0 Å². The highest BCUT2D eigenvalue weighted by Gasteiger charge is 2.45. The van der Waals surface area contributed by atoms with Crippen LogP contribution in [0.5, 0.6) is 0 Å². The lowest BCUT2D eigenvalue weighted by atomic mass is 9.99. The average molecular weight is 360 g/mol. The van der Waals surface area contributed by atoms with E-state index in [-0.39, 0.29) is 26.4 Å². The molecular formula is C12H25O10P. The standard InChI is InChI=1S/C12H25O10P/c1-18-3-4-20-12-10(15)11(9(14)8(7-13)22-12)19-5-6-21-23(2,16)17/h8-15H,3-7H2,1-2H3,(H,16,17). The van der Waals surface area contributed by atoms with E-state index >= 15 is 0 Å². The molecule has 1 aliphatic heterocycles. The molecule has 0 radical (unpaired) electrons. The first-order chi connectivity index (χ1) is 10.8. The summed E-state index contributed by atoms with van der Waals surface area (Å²) in [6.07, 6.45) is -5.81. The van der Waals surface area contributed by atoms with Gasteiger partial charge >= 0.3 is 7.60 Å². The van der Waals surface area contributed by atoms with Gasteiger partial charge in [-0.2, -0.15) is 0 Å². The maximum atomic E-state index is 11.0. The summed E-state index contributed by atoms with van der Waals surface area (Å²) in [5.41, 5.74) is 0. The molecule has 0 aliphatic carbocycles. The van der Waals surface area contributed by atoms with Crippen LogP contribution in [0.15, 0.2) is 0 Å². The molecule has 1 aliphatic rings. The van der Waals surface area contributed by atoms with Crippen molar-refractivity contribution in [2.24, 2.45) is 0 Å². The number of rotatable bonds is 10. The van der Waals surface area contributed by atoms with Crippen LogP contribution in [-0.4, -0.2) is 97.7 Å². The number of aliphatic hydroxyl groups is 3. The van der Waals surface area contributed by atoms with Crippen molar-refractivity contribution in [2.75, 3.05) is 46.8 Å². The summed E-state index contributed by atoms with van der Waals surface area (Å²) < 4.78 is 36.3. The highest BCUT2D eigenvalue weighted by atomic mass is 31.2. The number of methoxy groups -OCH3 is 1. The topological polar surface area (TPSA) is 144 Å². The van der Waals surface area contributed by atoms with E-state index in [0.29, 0.717) is 0 Å². The molecule has 1 saturated heterocycles. The van der Waals surface area contributed by atoms with E-state index in [0.717, 1.165) is 6.66 Å². The largest absolute Gasteiger partial charge is 0.394 e. The Labute approximate surface area is 134 Å². The van der Waals surface area contributed by atoms with Crippen molar-refractivity contribution in [1.82, 2.24) is 0 Å². The number of hydrogen-bond donors (Lipinski definition) is 4. The van der Waals surface area contributed by atoms with Gasteiger partial charge < -0.3 is 43.7 Å². The number of ether oxygens (including phenoxy) is 4. The fourth-order valence-electron chi connectivity index (χ4n) is 2.03. The van der Waals surface area contributed by atoms with E-state index < -0.39 is 44.9 Å². The van der Waals surface area contributed by atoms with Crippen molar-refractivity contribution in [2.45, 2.75) is 30.7 Å². The first-order valence-electron chi connectivity index (χ1n) is 7.09. The second-order valence-corrected chi connectivity index (χ2v) is 6.91. The van der Waals surface area contributed by atoms with Crippen LogP contribution in [0.3, 0.4) is 0 Å². The highest BCUT2D eigenvalue weighted by molar-refractivity contribution is 7.51. The molecule has 0 aromatic heterocycles. The van der Waals surface area contributed by atoms with E-state index in [1.165, 1.54) is 7.11 Å². The molecule has 11 heteroatoms. The zero-order chi connectivity index (χ0) is 17.5. The third-order valence-corrected chi connectivity index (χ3v) is 3.78. The predicted molar refractivity (Wildman–Crippen MR) is 77.0 cm³/mol. The lowest BCUT2D eigenvalue weighted by Crippen LogP contribution is -2.60. The summed E-state index contributed by atoms with van der Waals surface area (Å²) in [4.78, 5) is 9.00. The van der Waals surface area contributed by atoms with E-state index in [9.17, 15) is 19.9 Å². The Bertz CT molecular complexity index is 375. The molecule has 0 amide bonds. The van der Waals surface area contributed by atoms with Gasteiger partial charge in [-0.15, -0.1) is 0 Å². The summed E-state index contributed by atoms with van der Waals surface area (Å²) in [5.74, 6) is 0. The zero-order valence-corrected chi connectivity index (χ0v) is 14.0. The molecule has 6 atom stereocenters. The fourth-order valence-corrected chi connectivity index (χ4v) is 2.44. The predicted octanol–water partition coefficient (Wildman–Crippen LogP) is -1.69. The molecule has 6 unspecified atom stereocenters. The third-order valence-electron chi connectivity index (χ3n) is 3.12. The first kappa shape index (κ1) is 20.9. The van der Waals surface area contributed by atoms with Crippen LogP contribution in [0.2, 0.25) is 0 Å². The first-order valence-corrected chi connectivity index (χ1v) is 9.12. The van der Waals surface area contributed by atoms with E-state index in [1.54, 1.807) is 0 Å². The van der Waals surface area contributed by atoms with Crippen LogP contribution in [0, 0.1) is 0 Å². The molecule has 0 bridgehead atoms. The van der Waals surface area contributed by atoms with Crippen molar-refractivity contribution in [3.05, 3.63) is 0 Å². The summed E-state index contributed by atoms with van der Waals surface area (Å²) in [5, 5.41) is 29.5. The Kier molecular flexibility index (Phi) is 9.09. The van der Waals surface area contributed by atoms with Crippen LogP contribution in [0.1, 0.15) is 0 Å². The van der Waals surface area contributed by atoms with Crippen molar-refractivity contribution in [3.8, 4) is 0 Å². The molecule has 138 valence electrons. The van der Waals surface area contributed by atoms with Crippen molar-refractivity contribution >= 4 is 7.60 Å². The molecule has 10 nitrogen and oxygen atoms in total. The van der Waals surface area contributed by atoms with Crippen LogP contribution < -0.4 is 0 Å². The van der Waals surface area contributed by atoms with E-state index in [2.05, 4.69) is 4.52 Å². The Balaban J connectivity index is 2.56. The summed E-state index contributed by atoms with van der Waals surface area (Å²) in [7, 11) is -2.14. The molecule has 1 fully saturated rings. The Morgan fingerprint density at radius 1 is 1.09 bits per heavy atom. The lowest BCUT2D eigenvalue weighted by molar-refractivity contribution is -0.309. The Morgan fingerprint density at radius 3 is 2.30 bits per heavy atom. The molecule has 1 heterocycles. The third kappa shape index (κ3) is 7.10. The van der Waals surface area contributed by atoms with E-state index in [4.69, 9.17) is 23.8 Å². The maximum Gasteiger partial charge on any atom is 0.325 e. The molecule has 0 aromatic carbocycles. The quantitative estimate of drug-likeness (QED) is 0.263. The fraction of sp³-hybridized carbons (Fsp3) is 1.00. The van der Waals surface area contributed by atoms with Gasteiger partial charge in [0.05, 0.1) is 33.0 Å². The van der Waals surface area contributed by atoms with Crippen molar-refractivity contribution in [3.63, 3.8) is 0 Å². The molecule has 0 aromatic rings. The molecule has 23 heavy (non-hydrogen) atoms. The molecule has 1 rings (SSSR count). The summed E-state index contributed by atoms with van der Waals surface area (Å²) >= 11 is 0. The number of aliphatic hydroxyl groups excluding tert-OH is 3. The average Bonchev–Trinajstić information content (AvgIpc) is 2.47. The minimum absolute atomic E-state index is 0.139. The van der Waals surface area contributed by atoms with Gasteiger partial charge in [-0.3, -0.25) is 4.57 Å². The van der Waals surface area contributed by atoms with Gasteiger partial charge in [0, 0.05) is 13.8 Å². The van der Waals surface area contributed by atoms with Gasteiger partial charge in [-0.1, -0.05) is 0 Å². The van der Waals surface area contributed by atoms with Gasteiger partial charge in [0.15, 0.2) is 6.29 Å². The highest BCUT2D eigenvalue weighted by Crippen LogP contribution is 2.36. The number of hydrogen-bond acceptors (Lipinski definition) is 9. The lowest BCUT2D eigenvalue weighted by Gasteiger charge is -2.41. The van der Waals surface area contributed by atoms with Gasteiger partial charge in [0.1, 0.15) is 24.4 Å². The molecule has 0 saturated carbocycles. The van der Waals surface area contributed by atoms with Crippen LogP contribution in [0.4, 0.5) is 0 Å². The van der Waals surface area contributed by atoms with E-state index in [1.807, 2.05) is 0 Å². The monoisotopic (exact) mass is 360 g/mol. The summed E-state index contributed by atoms with van der Waals surface area (Å²) in [6, 6.07) is 0. The Morgan fingerprint density at radius 2 is 1.74 bits per heavy atom. The molecule has 0 spiro atoms. The summed E-state index contributed by atoms with van der Waals surface area (Å²) in [6.45, 7) is 0.633. The van der Waals surface area contributed by atoms with Crippen molar-refractivity contribution < 1.29 is 48.2 Å². The van der Waals surface area contributed by atoms with Gasteiger partial charge in [0.25, 0.3) is 0 Å². The van der Waals surface area contributed by atoms with Gasteiger partial charge in [0.2, 0.25) is 0 Å². The maximum absolute atomic E-state index is 11.0. The minimum atomic E-state index is -3.62. The smallest absolute Gasteiger partial charge is 0.325 e. The Hall–Kier alpha value is -0.130. The molecular weight excluding hydrogens is 335 g/mol. The minimum Gasteiger partial charge on any atom is -0.394 e. The second-order valence-electron chi connectivity index (χ2n) is 5.04. The van der Waals surface area contributed by atoms with Crippen LogP contribution in [0.25, 0.3) is 0 Å². The zero-order valence-electron chi connectivity index (χ0n) is 13.1. The normalized spacial score (nSPS) is 34.3. The van der Waals surface area contributed by atoms with Crippen LogP contribution >= 0.6 is 7.60 Å². The SMILES string of the molecule is COCCOC1OC(CO)C(O)C(OCCOP(C)(=O)O)C1O. The van der Waals surface area contributed by atoms with Gasteiger partial charge in [-0.05, 0) is 0 Å². The molecule has 4 N–H and O–H groups in total. The van der Waals surface area contributed by atoms with Gasteiger partial charge in [-0.25, -0.2) is 0 Å².